The van der Waals surface area contributed by atoms with E-state index in [1.54, 1.807) is 6.07 Å². The minimum Gasteiger partial charge on any atom is -0.490 e. The molecule has 0 saturated carbocycles. The lowest BCUT2D eigenvalue weighted by Crippen LogP contribution is -2.21. The Labute approximate surface area is 119 Å². The molecule has 0 bridgehead atoms. The summed E-state index contributed by atoms with van der Waals surface area (Å²) in [5.74, 6) is 2.22. The van der Waals surface area contributed by atoms with Crippen molar-refractivity contribution in [1.29, 1.82) is 0 Å². The molecular weight excluding hydrogens is 261 g/mol. The highest BCUT2D eigenvalue weighted by Crippen LogP contribution is 2.19. The van der Waals surface area contributed by atoms with Crippen LogP contribution in [-0.4, -0.2) is 24.2 Å². The lowest BCUT2D eigenvalue weighted by Gasteiger charge is -2.11. The van der Waals surface area contributed by atoms with Gasteiger partial charge in [0.15, 0.2) is 11.6 Å². The fourth-order valence-corrected chi connectivity index (χ4v) is 2.33. The predicted molar refractivity (Wildman–Crippen MR) is 81.5 cm³/mol. The van der Waals surface area contributed by atoms with E-state index in [2.05, 4.69) is 6.92 Å². The van der Waals surface area contributed by atoms with Crippen molar-refractivity contribution >= 4 is 11.8 Å². The number of hydrogen-bond donors (Lipinski definition) is 1. The lowest BCUT2D eigenvalue weighted by atomic mass is 10.0. The summed E-state index contributed by atoms with van der Waals surface area (Å²) in [5, 5.41) is 0. The molecule has 108 valence electrons. The zero-order valence-electron chi connectivity index (χ0n) is 11.8. The number of ether oxygens (including phenoxy) is 1. The fourth-order valence-electron chi connectivity index (χ4n) is 1.72. The fraction of sp³-hybridized carbons (Fsp3) is 0.600. The van der Waals surface area contributed by atoms with Crippen LogP contribution in [0.5, 0.6) is 5.75 Å². The topological polar surface area (TPSA) is 35.2 Å². The summed E-state index contributed by atoms with van der Waals surface area (Å²) in [6, 6.07) is 5.23. The zero-order chi connectivity index (χ0) is 14.1. The zero-order valence-corrected chi connectivity index (χ0v) is 12.6. The Morgan fingerprint density at radius 1 is 1.37 bits per heavy atom. The molecule has 1 atom stereocenters. The molecule has 1 aromatic carbocycles. The van der Waals surface area contributed by atoms with Crippen molar-refractivity contribution in [2.24, 2.45) is 5.73 Å². The highest BCUT2D eigenvalue weighted by atomic mass is 32.2. The van der Waals surface area contributed by atoms with Gasteiger partial charge in [0.25, 0.3) is 0 Å². The Hall–Kier alpha value is -0.740. The van der Waals surface area contributed by atoms with Crippen molar-refractivity contribution in [1.82, 2.24) is 0 Å². The predicted octanol–water partition coefficient (Wildman–Crippen LogP) is 3.63. The minimum atomic E-state index is -0.288. The molecule has 0 aromatic heterocycles. The highest BCUT2D eigenvalue weighted by Gasteiger charge is 2.07. The third kappa shape index (κ3) is 6.30. The monoisotopic (exact) mass is 285 g/mol. The van der Waals surface area contributed by atoms with Crippen molar-refractivity contribution in [3.63, 3.8) is 0 Å². The van der Waals surface area contributed by atoms with Crippen molar-refractivity contribution < 1.29 is 9.13 Å². The summed E-state index contributed by atoms with van der Waals surface area (Å²) in [6.45, 7) is 4.73. The summed E-state index contributed by atoms with van der Waals surface area (Å²) in [7, 11) is 0. The van der Waals surface area contributed by atoms with Crippen LogP contribution in [0.2, 0.25) is 0 Å². The molecule has 0 spiro atoms. The van der Waals surface area contributed by atoms with Gasteiger partial charge >= 0.3 is 0 Å². The Morgan fingerprint density at radius 3 is 2.79 bits per heavy atom. The van der Waals surface area contributed by atoms with Crippen LogP contribution in [0.3, 0.4) is 0 Å². The molecule has 1 unspecified atom stereocenters. The minimum absolute atomic E-state index is 0.0947. The van der Waals surface area contributed by atoms with Crippen molar-refractivity contribution in [3.05, 3.63) is 29.6 Å². The molecule has 2 nitrogen and oxygen atoms in total. The van der Waals surface area contributed by atoms with Crippen molar-refractivity contribution in [2.45, 2.75) is 39.2 Å². The van der Waals surface area contributed by atoms with E-state index in [9.17, 15) is 4.39 Å². The average molecular weight is 285 g/mol. The van der Waals surface area contributed by atoms with E-state index in [4.69, 9.17) is 10.5 Å². The van der Waals surface area contributed by atoms with E-state index >= 15 is 0 Å². The van der Waals surface area contributed by atoms with Crippen LogP contribution < -0.4 is 10.5 Å². The average Bonchev–Trinajstić information content (AvgIpc) is 2.40. The molecule has 0 aliphatic heterocycles. The Kier molecular flexibility index (Phi) is 7.91. The molecule has 4 heteroatoms. The number of halogens is 1. The van der Waals surface area contributed by atoms with Crippen LogP contribution in [0.25, 0.3) is 0 Å². The summed E-state index contributed by atoms with van der Waals surface area (Å²) in [6.07, 6.45) is 2.55. The Balaban J connectivity index is 2.43. The van der Waals surface area contributed by atoms with Crippen molar-refractivity contribution in [3.8, 4) is 5.75 Å². The number of thioether (sulfide) groups is 1. The van der Waals surface area contributed by atoms with Gasteiger partial charge in [-0.05, 0) is 48.5 Å². The molecule has 19 heavy (non-hydrogen) atoms. The van der Waals surface area contributed by atoms with Gasteiger partial charge in [0.05, 0.1) is 6.61 Å². The van der Waals surface area contributed by atoms with E-state index in [0.29, 0.717) is 18.8 Å². The normalized spacial score (nSPS) is 12.4. The summed E-state index contributed by atoms with van der Waals surface area (Å²) in [4.78, 5) is 0. The molecule has 1 aromatic rings. The number of nitrogens with two attached hydrogens (primary N) is 1. The maximum atomic E-state index is 13.8. The maximum absolute atomic E-state index is 13.8. The van der Waals surface area contributed by atoms with Crippen LogP contribution in [0, 0.1) is 5.82 Å². The first-order valence-corrected chi connectivity index (χ1v) is 8.07. The molecular formula is C15H24FNOS. The highest BCUT2D eigenvalue weighted by molar-refractivity contribution is 7.99. The SMILES string of the molecule is CCSCCCOc1ccc(CC(N)CC)cc1F. The van der Waals surface area contributed by atoms with E-state index in [-0.39, 0.29) is 11.9 Å². The van der Waals surface area contributed by atoms with Gasteiger partial charge in [0.2, 0.25) is 0 Å². The first kappa shape index (κ1) is 16.3. The van der Waals surface area contributed by atoms with E-state index in [1.165, 1.54) is 6.07 Å². The second-order valence-corrected chi connectivity index (χ2v) is 5.93. The summed E-state index contributed by atoms with van der Waals surface area (Å²) < 4.78 is 19.3. The molecule has 0 heterocycles. The van der Waals surface area contributed by atoms with Gasteiger partial charge < -0.3 is 10.5 Å². The van der Waals surface area contributed by atoms with Crippen molar-refractivity contribution in [2.75, 3.05) is 18.1 Å². The Bertz CT molecular complexity index is 373. The maximum Gasteiger partial charge on any atom is 0.165 e. The van der Waals surface area contributed by atoms with Crippen LogP contribution in [0.4, 0.5) is 4.39 Å². The first-order chi connectivity index (χ1) is 9.17. The van der Waals surface area contributed by atoms with Crippen LogP contribution in [0.1, 0.15) is 32.3 Å². The summed E-state index contributed by atoms with van der Waals surface area (Å²) >= 11 is 1.87. The molecule has 0 aliphatic rings. The second-order valence-electron chi connectivity index (χ2n) is 4.54. The van der Waals surface area contributed by atoms with E-state index in [1.807, 2.05) is 24.8 Å². The summed E-state index contributed by atoms with van der Waals surface area (Å²) in [5.41, 5.74) is 6.80. The van der Waals surface area contributed by atoms with Crippen LogP contribution in [-0.2, 0) is 6.42 Å². The largest absolute Gasteiger partial charge is 0.490 e. The molecule has 2 N–H and O–H groups in total. The van der Waals surface area contributed by atoms with Gasteiger partial charge in [0, 0.05) is 6.04 Å². The standard InChI is InChI=1S/C15H24FNOS/c1-3-13(17)10-12-6-7-15(14(16)11-12)18-8-5-9-19-4-2/h6-7,11,13H,3-5,8-10,17H2,1-2H3. The first-order valence-electron chi connectivity index (χ1n) is 6.91. The van der Waals surface area contributed by atoms with Gasteiger partial charge in [-0.3, -0.25) is 0 Å². The Morgan fingerprint density at radius 2 is 2.16 bits per heavy atom. The lowest BCUT2D eigenvalue weighted by molar-refractivity contribution is 0.302. The third-order valence-corrected chi connectivity index (χ3v) is 3.90. The van der Waals surface area contributed by atoms with Gasteiger partial charge in [-0.25, -0.2) is 4.39 Å². The molecule has 1 rings (SSSR count). The number of hydrogen-bond acceptors (Lipinski definition) is 3. The molecule has 0 fully saturated rings. The molecule has 0 radical (unpaired) electrons. The van der Waals surface area contributed by atoms with E-state index in [0.717, 1.165) is 29.9 Å². The third-order valence-electron chi connectivity index (χ3n) is 2.91. The van der Waals surface area contributed by atoms with Crippen LogP contribution in [0.15, 0.2) is 18.2 Å². The molecule has 0 saturated heterocycles. The van der Waals surface area contributed by atoms with E-state index < -0.39 is 0 Å². The van der Waals surface area contributed by atoms with Gasteiger partial charge in [0.1, 0.15) is 0 Å². The number of benzene rings is 1. The smallest absolute Gasteiger partial charge is 0.165 e. The van der Waals surface area contributed by atoms with Gasteiger partial charge in [-0.1, -0.05) is 19.9 Å². The van der Waals surface area contributed by atoms with Gasteiger partial charge in [-0.2, -0.15) is 11.8 Å². The second kappa shape index (κ2) is 9.21. The quantitative estimate of drug-likeness (QED) is 0.704. The molecule has 0 amide bonds. The van der Waals surface area contributed by atoms with Crippen LogP contribution >= 0.6 is 11.8 Å². The number of rotatable bonds is 9. The van der Waals surface area contributed by atoms with Gasteiger partial charge in [-0.15, -0.1) is 0 Å². The molecule has 0 aliphatic carbocycles.